The Kier molecular flexibility index (Phi) is 3.35. The van der Waals surface area contributed by atoms with Crippen molar-refractivity contribution < 1.29 is 14.0 Å². The minimum Gasteiger partial charge on any atom is -0.464 e. The van der Waals surface area contributed by atoms with E-state index in [4.69, 9.17) is 10.2 Å². The lowest BCUT2D eigenvalue weighted by Gasteiger charge is -2.11. The highest BCUT2D eigenvalue weighted by molar-refractivity contribution is 6.21. The first-order valence-corrected chi connectivity index (χ1v) is 6.84. The van der Waals surface area contributed by atoms with E-state index in [0.29, 0.717) is 23.3 Å². The molecule has 5 nitrogen and oxygen atoms in total. The van der Waals surface area contributed by atoms with Gasteiger partial charge in [-0.15, -0.1) is 0 Å². The van der Waals surface area contributed by atoms with E-state index in [9.17, 15) is 9.59 Å². The Balaban J connectivity index is 1.79. The summed E-state index contributed by atoms with van der Waals surface area (Å²) in [4.78, 5) is 25.7. The maximum atomic E-state index is 12.2. The van der Waals surface area contributed by atoms with Gasteiger partial charge in [0.25, 0.3) is 11.8 Å². The minimum atomic E-state index is -0.277. The van der Waals surface area contributed by atoms with Gasteiger partial charge in [0.05, 0.1) is 17.7 Å². The van der Waals surface area contributed by atoms with Crippen LogP contribution >= 0.6 is 0 Å². The van der Waals surface area contributed by atoms with Crippen molar-refractivity contribution in [3.05, 3.63) is 59.0 Å². The number of hydrogen-bond donors (Lipinski definition) is 1. The van der Waals surface area contributed by atoms with Gasteiger partial charge in [-0.25, -0.2) is 0 Å². The van der Waals surface area contributed by atoms with E-state index in [0.717, 1.165) is 5.76 Å². The molecule has 1 aliphatic heterocycles. The summed E-state index contributed by atoms with van der Waals surface area (Å²) in [5, 5.41) is 0. The molecule has 5 heteroatoms. The van der Waals surface area contributed by atoms with Crippen LogP contribution in [0.2, 0.25) is 0 Å². The van der Waals surface area contributed by atoms with Crippen LogP contribution in [0.15, 0.2) is 40.8 Å². The van der Waals surface area contributed by atoms with E-state index in [1.165, 1.54) is 4.90 Å². The van der Waals surface area contributed by atoms with Crippen LogP contribution < -0.4 is 5.73 Å². The first-order valence-electron chi connectivity index (χ1n) is 6.84. The number of benzene rings is 1. The van der Waals surface area contributed by atoms with Gasteiger partial charge in [0.15, 0.2) is 0 Å². The van der Waals surface area contributed by atoms with Gasteiger partial charge >= 0.3 is 0 Å². The first kappa shape index (κ1) is 13.6. The van der Waals surface area contributed by atoms with Crippen molar-refractivity contribution in [3.63, 3.8) is 0 Å². The smallest absolute Gasteiger partial charge is 0.261 e. The fraction of sp³-hybridized carbons (Fsp3) is 0.250. The van der Waals surface area contributed by atoms with Crippen molar-refractivity contribution in [2.75, 3.05) is 0 Å². The number of carbonyl (C=O) groups excluding carboxylic acids is 2. The molecule has 2 amide bonds. The summed E-state index contributed by atoms with van der Waals surface area (Å²) >= 11 is 0. The number of carbonyl (C=O) groups is 2. The topological polar surface area (TPSA) is 76.5 Å². The Hall–Kier alpha value is -2.40. The highest BCUT2D eigenvalue weighted by atomic mass is 16.3. The molecule has 0 saturated carbocycles. The number of furan rings is 1. The van der Waals surface area contributed by atoms with E-state index >= 15 is 0 Å². The average Bonchev–Trinajstić information content (AvgIpc) is 2.98. The zero-order valence-electron chi connectivity index (χ0n) is 11.7. The predicted molar refractivity (Wildman–Crippen MR) is 76.7 cm³/mol. The number of imide groups is 1. The number of nitrogens with two attached hydrogens (primary N) is 1. The summed E-state index contributed by atoms with van der Waals surface area (Å²) in [6.07, 6.45) is 0.627. The summed E-state index contributed by atoms with van der Waals surface area (Å²) in [7, 11) is 0. The van der Waals surface area contributed by atoms with Crippen molar-refractivity contribution in [2.45, 2.75) is 25.9 Å². The van der Waals surface area contributed by atoms with Gasteiger partial charge in [0.1, 0.15) is 11.5 Å². The Morgan fingerprint density at radius 3 is 2.19 bits per heavy atom. The third-order valence-corrected chi connectivity index (χ3v) is 3.43. The number of fused-ring (bicyclic) bond motifs is 1. The van der Waals surface area contributed by atoms with Crippen molar-refractivity contribution in [3.8, 4) is 0 Å². The van der Waals surface area contributed by atoms with Crippen molar-refractivity contribution >= 4 is 11.8 Å². The van der Waals surface area contributed by atoms with Crippen molar-refractivity contribution in [1.82, 2.24) is 4.90 Å². The molecule has 1 unspecified atom stereocenters. The van der Waals surface area contributed by atoms with Crippen LogP contribution in [0.3, 0.4) is 0 Å². The third-order valence-electron chi connectivity index (χ3n) is 3.43. The molecular formula is C16H16N2O3. The Bertz CT molecular complexity index is 668. The zero-order chi connectivity index (χ0) is 15.0. The molecule has 0 bridgehead atoms. The minimum absolute atomic E-state index is 0.00306. The Labute approximate surface area is 122 Å². The largest absolute Gasteiger partial charge is 0.464 e. The van der Waals surface area contributed by atoms with E-state index in [-0.39, 0.29) is 24.4 Å². The highest BCUT2D eigenvalue weighted by Crippen LogP contribution is 2.24. The molecule has 0 radical (unpaired) electrons. The lowest BCUT2D eigenvalue weighted by Crippen LogP contribution is -2.28. The predicted octanol–water partition coefficient (Wildman–Crippen LogP) is 1.97. The molecule has 2 heterocycles. The number of rotatable bonds is 4. The molecule has 2 aromatic rings. The fourth-order valence-electron chi connectivity index (χ4n) is 2.47. The van der Waals surface area contributed by atoms with Gasteiger partial charge in [-0.1, -0.05) is 12.1 Å². The molecule has 0 fully saturated rings. The molecule has 108 valence electrons. The van der Waals surface area contributed by atoms with E-state index in [1.54, 1.807) is 30.3 Å². The van der Waals surface area contributed by atoms with Crippen LogP contribution in [0.25, 0.3) is 0 Å². The summed E-state index contributed by atoms with van der Waals surface area (Å²) < 4.78 is 5.63. The van der Waals surface area contributed by atoms with Crippen LogP contribution in [-0.2, 0) is 13.0 Å². The monoisotopic (exact) mass is 284 g/mol. The van der Waals surface area contributed by atoms with Crippen LogP contribution in [0.5, 0.6) is 0 Å². The summed E-state index contributed by atoms with van der Waals surface area (Å²) in [5.41, 5.74) is 6.62. The Morgan fingerprint density at radius 1 is 1.05 bits per heavy atom. The maximum absolute atomic E-state index is 12.2. The first-order chi connectivity index (χ1) is 10.1. The molecule has 21 heavy (non-hydrogen) atoms. The van der Waals surface area contributed by atoms with E-state index < -0.39 is 0 Å². The lowest BCUT2D eigenvalue weighted by atomic mass is 10.1. The average molecular weight is 284 g/mol. The van der Waals surface area contributed by atoms with Crippen LogP contribution in [0, 0.1) is 0 Å². The molecule has 2 N–H and O–H groups in total. The van der Waals surface area contributed by atoms with Gasteiger partial charge in [-0.2, -0.15) is 0 Å². The summed E-state index contributed by atoms with van der Waals surface area (Å²) in [6, 6.07) is 10.4. The second-order valence-electron chi connectivity index (χ2n) is 5.29. The van der Waals surface area contributed by atoms with Gasteiger partial charge in [-0.3, -0.25) is 14.5 Å². The van der Waals surface area contributed by atoms with Crippen LogP contribution in [0.1, 0.15) is 39.2 Å². The Morgan fingerprint density at radius 2 is 1.62 bits per heavy atom. The zero-order valence-corrected chi connectivity index (χ0v) is 11.7. The molecule has 3 rings (SSSR count). The normalized spacial score (nSPS) is 15.4. The molecule has 0 spiro atoms. The number of amides is 2. The van der Waals surface area contributed by atoms with Gasteiger partial charge in [0, 0.05) is 12.5 Å². The maximum Gasteiger partial charge on any atom is 0.261 e. The second kappa shape index (κ2) is 5.18. The van der Waals surface area contributed by atoms with E-state index in [1.807, 2.05) is 13.0 Å². The molecule has 1 aliphatic rings. The molecule has 0 aliphatic carbocycles. The number of nitrogens with zero attached hydrogens (tertiary/aromatic N) is 1. The molecule has 0 saturated heterocycles. The summed E-state index contributed by atoms with van der Waals surface area (Å²) in [5.74, 6) is 0.790. The molecule has 1 atom stereocenters. The molecule has 1 aromatic heterocycles. The summed E-state index contributed by atoms with van der Waals surface area (Å²) in [6.45, 7) is 2.04. The highest BCUT2D eigenvalue weighted by Gasteiger charge is 2.35. The van der Waals surface area contributed by atoms with Crippen molar-refractivity contribution in [2.24, 2.45) is 5.73 Å². The standard InChI is InChI=1S/C16H16N2O3/c1-10(17)8-11-6-7-12(21-11)9-18-15(19)13-4-2-3-5-14(13)16(18)20/h2-7,10H,8-9,17H2,1H3. The van der Waals surface area contributed by atoms with Gasteiger partial charge in [0.2, 0.25) is 0 Å². The van der Waals surface area contributed by atoms with Crippen molar-refractivity contribution in [1.29, 1.82) is 0 Å². The SMILES string of the molecule is CC(N)Cc1ccc(CN2C(=O)c3ccccc3C2=O)o1. The van der Waals surface area contributed by atoms with Gasteiger partial charge < -0.3 is 10.2 Å². The molecule has 1 aromatic carbocycles. The fourth-order valence-corrected chi connectivity index (χ4v) is 2.47. The van der Waals surface area contributed by atoms with Crippen LogP contribution in [-0.4, -0.2) is 22.8 Å². The van der Waals surface area contributed by atoms with Crippen LogP contribution in [0.4, 0.5) is 0 Å². The number of hydrogen-bond acceptors (Lipinski definition) is 4. The second-order valence-corrected chi connectivity index (χ2v) is 5.29. The lowest BCUT2D eigenvalue weighted by molar-refractivity contribution is 0.0630. The molecular weight excluding hydrogens is 268 g/mol. The van der Waals surface area contributed by atoms with E-state index in [2.05, 4.69) is 0 Å². The van der Waals surface area contributed by atoms with Gasteiger partial charge in [-0.05, 0) is 31.2 Å². The quantitative estimate of drug-likeness (QED) is 0.871. The third kappa shape index (κ3) is 2.48.